The first-order valence-electron chi connectivity index (χ1n) is 9.81. The number of hydrogen-bond acceptors (Lipinski definition) is 6. The molecule has 1 atom stereocenters. The standard InChI is InChI=1S/C20H34N2O5S/c1-7-16(5)22(20(23)15-26-6)14-17-11-12-18(21(8-2)9-3)13-19(17)27-28(24,25)10-4/h11-13,16H,7-10,14-15H2,1-6H3/t16-/m0/s1. The molecule has 160 valence electrons. The third-order valence-electron chi connectivity index (χ3n) is 4.80. The van der Waals surface area contributed by atoms with Gasteiger partial charge >= 0.3 is 10.1 Å². The quantitative estimate of drug-likeness (QED) is 0.489. The highest BCUT2D eigenvalue weighted by Crippen LogP contribution is 2.29. The van der Waals surface area contributed by atoms with Crippen molar-refractivity contribution in [1.29, 1.82) is 0 Å². The molecular formula is C20H34N2O5S. The summed E-state index contributed by atoms with van der Waals surface area (Å²) in [6.07, 6.45) is 0.774. The lowest BCUT2D eigenvalue weighted by molar-refractivity contribution is -0.138. The number of nitrogens with zero attached hydrogens (tertiary/aromatic N) is 2. The second-order valence-electron chi connectivity index (χ2n) is 6.61. The summed E-state index contributed by atoms with van der Waals surface area (Å²) in [7, 11) is -2.21. The molecular weight excluding hydrogens is 380 g/mol. The summed E-state index contributed by atoms with van der Waals surface area (Å²) in [5.41, 5.74) is 1.53. The van der Waals surface area contributed by atoms with E-state index in [1.54, 1.807) is 11.0 Å². The summed E-state index contributed by atoms with van der Waals surface area (Å²) >= 11 is 0. The van der Waals surface area contributed by atoms with Gasteiger partial charge in [0.05, 0.1) is 5.75 Å². The van der Waals surface area contributed by atoms with Crippen LogP contribution in [0.5, 0.6) is 5.75 Å². The fourth-order valence-corrected chi connectivity index (χ4v) is 3.38. The molecule has 0 saturated heterocycles. The van der Waals surface area contributed by atoms with E-state index in [0.29, 0.717) is 5.56 Å². The Labute approximate surface area is 169 Å². The number of methoxy groups -OCH3 is 1. The van der Waals surface area contributed by atoms with Crippen molar-refractivity contribution < 1.29 is 22.1 Å². The van der Waals surface area contributed by atoms with Gasteiger partial charge in [0, 0.05) is 50.1 Å². The number of anilines is 1. The first kappa shape index (κ1) is 24.2. The average molecular weight is 415 g/mol. The molecule has 0 spiro atoms. The molecule has 1 aromatic carbocycles. The van der Waals surface area contributed by atoms with E-state index in [0.717, 1.165) is 25.2 Å². The zero-order valence-electron chi connectivity index (χ0n) is 17.9. The van der Waals surface area contributed by atoms with E-state index in [-0.39, 0.29) is 36.6 Å². The number of benzene rings is 1. The van der Waals surface area contributed by atoms with Crippen molar-refractivity contribution in [2.75, 3.05) is 37.5 Å². The Balaban J connectivity index is 3.35. The van der Waals surface area contributed by atoms with Crippen LogP contribution in [0, 0.1) is 0 Å². The molecule has 1 amide bonds. The lowest BCUT2D eigenvalue weighted by Crippen LogP contribution is -2.40. The van der Waals surface area contributed by atoms with Crippen molar-refractivity contribution in [2.24, 2.45) is 0 Å². The van der Waals surface area contributed by atoms with Gasteiger partial charge in [-0.1, -0.05) is 13.0 Å². The Bertz CT molecular complexity index is 732. The predicted octanol–water partition coefficient (Wildman–Crippen LogP) is 3.03. The summed E-state index contributed by atoms with van der Waals surface area (Å²) in [6.45, 7) is 11.4. The minimum absolute atomic E-state index is 0.0132. The smallest absolute Gasteiger partial charge is 0.308 e. The van der Waals surface area contributed by atoms with Gasteiger partial charge in [-0.3, -0.25) is 4.79 Å². The maximum Gasteiger partial charge on any atom is 0.308 e. The molecule has 0 aliphatic carbocycles. The van der Waals surface area contributed by atoms with Crippen molar-refractivity contribution in [3.05, 3.63) is 23.8 Å². The van der Waals surface area contributed by atoms with E-state index < -0.39 is 10.1 Å². The van der Waals surface area contributed by atoms with Gasteiger partial charge in [-0.2, -0.15) is 8.42 Å². The summed E-state index contributed by atoms with van der Waals surface area (Å²) in [6, 6.07) is 5.50. The minimum atomic E-state index is -3.69. The van der Waals surface area contributed by atoms with Gasteiger partial charge in [0.15, 0.2) is 0 Å². The second-order valence-corrected chi connectivity index (χ2v) is 8.47. The van der Waals surface area contributed by atoms with Crippen LogP contribution >= 0.6 is 0 Å². The number of amides is 1. The average Bonchev–Trinajstić information content (AvgIpc) is 2.67. The van der Waals surface area contributed by atoms with Crippen LogP contribution in [0.3, 0.4) is 0 Å². The molecule has 0 unspecified atom stereocenters. The molecule has 0 radical (unpaired) electrons. The highest BCUT2D eigenvalue weighted by Gasteiger charge is 2.23. The lowest BCUT2D eigenvalue weighted by atomic mass is 10.1. The molecule has 0 saturated carbocycles. The molecule has 7 nitrogen and oxygen atoms in total. The number of hydrogen-bond donors (Lipinski definition) is 0. The molecule has 0 aliphatic heterocycles. The van der Waals surface area contributed by atoms with Crippen molar-refractivity contribution >= 4 is 21.7 Å². The second kappa shape index (κ2) is 11.3. The highest BCUT2D eigenvalue weighted by molar-refractivity contribution is 7.87. The van der Waals surface area contributed by atoms with Crippen LogP contribution in [-0.4, -0.2) is 57.8 Å². The Morgan fingerprint density at radius 2 is 1.79 bits per heavy atom. The largest absolute Gasteiger partial charge is 0.382 e. The van der Waals surface area contributed by atoms with Gasteiger partial charge in [0.25, 0.3) is 0 Å². The summed E-state index contributed by atoms with van der Waals surface area (Å²) < 4.78 is 34.6. The van der Waals surface area contributed by atoms with Crippen LogP contribution in [-0.2, 0) is 26.2 Å². The SMILES string of the molecule is CC[C@H](C)N(Cc1ccc(N(CC)CC)cc1OS(=O)(=O)CC)C(=O)COC. The van der Waals surface area contributed by atoms with E-state index in [1.165, 1.54) is 14.0 Å². The molecule has 8 heteroatoms. The fraction of sp³-hybridized carbons (Fsp3) is 0.650. The summed E-state index contributed by atoms with van der Waals surface area (Å²) in [5, 5.41) is 0. The van der Waals surface area contributed by atoms with Crippen molar-refractivity contribution in [2.45, 2.75) is 53.6 Å². The van der Waals surface area contributed by atoms with Gasteiger partial charge in [-0.15, -0.1) is 0 Å². The third kappa shape index (κ3) is 6.67. The van der Waals surface area contributed by atoms with Crippen LogP contribution in [0.1, 0.15) is 46.6 Å². The Morgan fingerprint density at radius 3 is 2.29 bits per heavy atom. The van der Waals surface area contributed by atoms with E-state index in [1.807, 2.05) is 39.8 Å². The maximum absolute atomic E-state index is 12.5. The van der Waals surface area contributed by atoms with Gasteiger partial charge in [-0.25, -0.2) is 0 Å². The Hall–Kier alpha value is -1.80. The van der Waals surface area contributed by atoms with E-state index in [4.69, 9.17) is 8.92 Å². The molecule has 0 aromatic heterocycles. The number of ether oxygens (including phenoxy) is 1. The molecule has 0 bridgehead atoms. The molecule has 1 aromatic rings. The maximum atomic E-state index is 12.5. The van der Waals surface area contributed by atoms with E-state index in [9.17, 15) is 13.2 Å². The predicted molar refractivity (Wildman–Crippen MR) is 112 cm³/mol. The zero-order valence-corrected chi connectivity index (χ0v) is 18.7. The topological polar surface area (TPSA) is 76.2 Å². The highest BCUT2D eigenvalue weighted by atomic mass is 32.2. The fourth-order valence-electron chi connectivity index (χ4n) is 2.83. The zero-order chi connectivity index (χ0) is 21.3. The first-order valence-corrected chi connectivity index (χ1v) is 11.4. The van der Waals surface area contributed by atoms with Gasteiger partial charge < -0.3 is 18.7 Å². The van der Waals surface area contributed by atoms with Crippen molar-refractivity contribution in [3.8, 4) is 5.75 Å². The molecule has 0 N–H and O–H groups in total. The van der Waals surface area contributed by atoms with Crippen LogP contribution in [0.2, 0.25) is 0 Å². The Kier molecular flexibility index (Phi) is 9.75. The van der Waals surface area contributed by atoms with E-state index in [2.05, 4.69) is 4.90 Å². The molecule has 1 rings (SSSR count). The van der Waals surface area contributed by atoms with Crippen LogP contribution in [0.15, 0.2) is 18.2 Å². The van der Waals surface area contributed by atoms with Gasteiger partial charge in [0.2, 0.25) is 5.91 Å². The van der Waals surface area contributed by atoms with Crippen LogP contribution < -0.4 is 9.08 Å². The van der Waals surface area contributed by atoms with Crippen LogP contribution in [0.4, 0.5) is 5.69 Å². The van der Waals surface area contributed by atoms with Gasteiger partial charge in [0.1, 0.15) is 12.4 Å². The summed E-state index contributed by atoms with van der Waals surface area (Å²) in [4.78, 5) is 16.3. The minimum Gasteiger partial charge on any atom is -0.382 e. The lowest BCUT2D eigenvalue weighted by Gasteiger charge is -2.30. The number of carbonyl (C=O) groups is 1. The van der Waals surface area contributed by atoms with Crippen molar-refractivity contribution in [1.82, 2.24) is 4.90 Å². The molecule has 0 aliphatic rings. The Morgan fingerprint density at radius 1 is 1.14 bits per heavy atom. The third-order valence-corrected chi connectivity index (χ3v) is 5.94. The number of carbonyl (C=O) groups excluding carboxylic acids is 1. The molecule has 0 fully saturated rings. The summed E-state index contributed by atoms with van der Waals surface area (Å²) in [5.74, 6) is -0.00155. The van der Waals surface area contributed by atoms with Gasteiger partial charge in [-0.05, 0) is 40.2 Å². The van der Waals surface area contributed by atoms with E-state index >= 15 is 0 Å². The molecule has 0 heterocycles. The number of rotatable bonds is 12. The first-order chi connectivity index (χ1) is 13.2. The van der Waals surface area contributed by atoms with Crippen LogP contribution in [0.25, 0.3) is 0 Å². The monoisotopic (exact) mass is 414 g/mol. The van der Waals surface area contributed by atoms with Crippen molar-refractivity contribution in [3.63, 3.8) is 0 Å². The normalized spacial score (nSPS) is 12.5. The molecule has 28 heavy (non-hydrogen) atoms.